The molecular formula is C24H29N5O3. The topological polar surface area (TPSA) is 88.5 Å². The van der Waals surface area contributed by atoms with Crippen molar-refractivity contribution in [3.8, 4) is 0 Å². The number of imidazole rings is 1. The summed E-state index contributed by atoms with van der Waals surface area (Å²) in [6, 6.07) is 16.2. The van der Waals surface area contributed by atoms with E-state index in [9.17, 15) is 9.59 Å². The summed E-state index contributed by atoms with van der Waals surface area (Å²) in [5, 5.41) is 5.92. The number of hydrogen-bond acceptors (Lipinski definition) is 4. The largest absolute Gasteiger partial charge is 0.450 e. The molecule has 0 bridgehead atoms. The molecule has 0 aliphatic carbocycles. The van der Waals surface area contributed by atoms with E-state index in [4.69, 9.17) is 4.74 Å². The Kier molecular flexibility index (Phi) is 6.89. The maximum atomic E-state index is 12.3. The Bertz CT molecular complexity index is 1050. The molecule has 1 aromatic heterocycles. The lowest BCUT2D eigenvalue weighted by molar-refractivity contribution is 0.0957. The molecule has 2 heterocycles. The van der Waals surface area contributed by atoms with Crippen molar-refractivity contribution in [2.24, 2.45) is 0 Å². The fraction of sp³-hybridized carbons (Fsp3) is 0.375. The lowest BCUT2D eigenvalue weighted by Crippen LogP contribution is -2.49. The van der Waals surface area contributed by atoms with Crippen molar-refractivity contribution in [1.29, 1.82) is 0 Å². The van der Waals surface area contributed by atoms with Gasteiger partial charge in [0.2, 0.25) is 0 Å². The molecule has 1 aliphatic heterocycles. The van der Waals surface area contributed by atoms with Crippen molar-refractivity contribution < 1.29 is 14.3 Å². The van der Waals surface area contributed by atoms with Crippen LogP contribution in [0, 0.1) is 0 Å². The summed E-state index contributed by atoms with van der Waals surface area (Å²) in [6.07, 6.45) is 3.04. The van der Waals surface area contributed by atoms with Crippen LogP contribution in [-0.2, 0) is 17.8 Å². The van der Waals surface area contributed by atoms with Gasteiger partial charge in [0.1, 0.15) is 0 Å². The van der Waals surface area contributed by atoms with Gasteiger partial charge in [0.25, 0.3) is 0 Å². The fourth-order valence-electron chi connectivity index (χ4n) is 3.94. The smallest absolute Gasteiger partial charge is 0.409 e. The Hall–Kier alpha value is -3.55. The molecule has 0 atom stereocenters. The van der Waals surface area contributed by atoms with Gasteiger partial charge >= 0.3 is 12.1 Å². The average molecular weight is 436 g/mol. The van der Waals surface area contributed by atoms with Crippen molar-refractivity contribution in [2.45, 2.75) is 38.9 Å². The number of rotatable bonds is 6. The van der Waals surface area contributed by atoms with Gasteiger partial charge in [0.05, 0.1) is 24.0 Å². The zero-order valence-electron chi connectivity index (χ0n) is 18.3. The first-order valence-electron chi connectivity index (χ1n) is 11.1. The molecule has 3 amide bonds. The van der Waals surface area contributed by atoms with Crippen LogP contribution in [0.25, 0.3) is 11.0 Å². The number of nitrogens with one attached hydrogen (secondary N) is 2. The molecule has 8 nitrogen and oxygen atoms in total. The molecule has 168 valence electrons. The van der Waals surface area contributed by atoms with Crippen molar-refractivity contribution in [3.63, 3.8) is 0 Å². The second kappa shape index (κ2) is 10.2. The molecule has 3 aromatic rings. The maximum absolute atomic E-state index is 12.3. The van der Waals surface area contributed by atoms with Gasteiger partial charge in [0, 0.05) is 32.2 Å². The maximum Gasteiger partial charge on any atom is 0.409 e. The highest BCUT2D eigenvalue weighted by molar-refractivity contribution is 5.75. The van der Waals surface area contributed by atoms with Crippen LogP contribution in [-0.4, -0.2) is 52.3 Å². The van der Waals surface area contributed by atoms with Crippen molar-refractivity contribution in [1.82, 2.24) is 25.1 Å². The molecule has 1 fully saturated rings. The van der Waals surface area contributed by atoms with Crippen LogP contribution < -0.4 is 10.6 Å². The van der Waals surface area contributed by atoms with E-state index >= 15 is 0 Å². The number of ether oxygens (including phenoxy) is 1. The Morgan fingerprint density at radius 2 is 1.78 bits per heavy atom. The highest BCUT2D eigenvalue weighted by Gasteiger charge is 2.24. The van der Waals surface area contributed by atoms with E-state index in [0.717, 1.165) is 36.0 Å². The zero-order chi connectivity index (χ0) is 22.3. The number of hydrogen-bond donors (Lipinski definition) is 2. The summed E-state index contributed by atoms with van der Waals surface area (Å²) >= 11 is 0. The summed E-state index contributed by atoms with van der Waals surface area (Å²) in [5.74, 6) is 0. The van der Waals surface area contributed by atoms with E-state index in [0.29, 0.717) is 26.2 Å². The number of benzene rings is 2. The number of amides is 3. The second-order valence-electron chi connectivity index (χ2n) is 7.96. The first-order valence-corrected chi connectivity index (χ1v) is 11.1. The van der Waals surface area contributed by atoms with Gasteiger partial charge in [-0.1, -0.05) is 36.4 Å². The van der Waals surface area contributed by atoms with Crippen molar-refractivity contribution >= 4 is 23.2 Å². The molecule has 2 aromatic carbocycles. The molecule has 0 radical (unpaired) electrons. The van der Waals surface area contributed by atoms with Gasteiger partial charge in [-0.2, -0.15) is 0 Å². The molecule has 0 unspecified atom stereocenters. The van der Waals surface area contributed by atoms with E-state index in [1.165, 1.54) is 5.56 Å². The molecule has 1 saturated heterocycles. The summed E-state index contributed by atoms with van der Waals surface area (Å²) < 4.78 is 7.15. The number of carbonyl (C=O) groups is 2. The molecule has 32 heavy (non-hydrogen) atoms. The third kappa shape index (κ3) is 5.38. The number of aromatic nitrogens is 2. The zero-order valence-corrected chi connectivity index (χ0v) is 18.3. The third-order valence-corrected chi connectivity index (χ3v) is 5.71. The number of para-hydroxylation sites is 2. The van der Waals surface area contributed by atoms with Crippen LogP contribution in [0.15, 0.2) is 54.9 Å². The highest BCUT2D eigenvalue weighted by Crippen LogP contribution is 2.15. The fourth-order valence-corrected chi connectivity index (χ4v) is 3.94. The molecule has 8 heteroatoms. The summed E-state index contributed by atoms with van der Waals surface area (Å²) in [7, 11) is 0. The van der Waals surface area contributed by atoms with Crippen LogP contribution in [0.2, 0.25) is 0 Å². The number of likely N-dealkylation sites (tertiary alicyclic amines) is 1. The molecule has 1 aliphatic rings. The first kappa shape index (κ1) is 21.7. The standard InChI is InChI=1S/C24H29N5O3/c1-2-32-24(31)28-13-11-20(12-14-28)27-23(30)25-15-18-7-9-19(10-8-18)16-29-17-26-21-5-3-4-6-22(21)29/h3-10,17,20H,2,11-16H2,1H3,(H2,25,27,30). The summed E-state index contributed by atoms with van der Waals surface area (Å²) in [4.78, 5) is 30.1. The molecule has 0 saturated carbocycles. The Balaban J connectivity index is 1.21. The molecular weight excluding hydrogens is 406 g/mol. The van der Waals surface area contributed by atoms with E-state index in [-0.39, 0.29) is 18.2 Å². The van der Waals surface area contributed by atoms with Crippen LogP contribution in [0.3, 0.4) is 0 Å². The third-order valence-electron chi connectivity index (χ3n) is 5.71. The lowest BCUT2D eigenvalue weighted by atomic mass is 10.1. The van der Waals surface area contributed by atoms with Gasteiger partial charge in [-0.05, 0) is 43.0 Å². The van der Waals surface area contributed by atoms with Gasteiger partial charge in [-0.25, -0.2) is 14.6 Å². The van der Waals surface area contributed by atoms with E-state index in [2.05, 4.69) is 38.4 Å². The number of piperidine rings is 1. The Morgan fingerprint density at radius 1 is 1.06 bits per heavy atom. The van der Waals surface area contributed by atoms with Crippen LogP contribution in [0.4, 0.5) is 9.59 Å². The van der Waals surface area contributed by atoms with Crippen LogP contribution in [0.5, 0.6) is 0 Å². The number of fused-ring (bicyclic) bond motifs is 1. The summed E-state index contributed by atoms with van der Waals surface area (Å²) in [5.41, 5.74) is 4.32. The van der Waals surface area contributed by atoms with Gasteiger partial charge in [-0.3, -0.25) is 0 Å². The Morgan fingerprint density at radius 3 is 2.53 bits per heavy atom. The van der Waals surface area contributed by atoms with Gasteiger partial charge in [0.15, 0.2) is 0 Å². The van der Waals surface area contributed by atoms with Gasteiger partial charge in [-0.15, -0.1) is 0 Å². The summed E-state index contributed by atoms with van der Waals surface area (Å²) in [6.45, 7) is 4.57. The van der Waals surface area contributed by atoms with Crippen LogP contribution in [0.1, 0.15) is 30.9 Å². The van der Waals surface area contributed by atoms with Crippen LogP contribution >= 0.6 is 0 Å². The minimum Gasteiger partial charge on any atom is -0.450 e. The predicted molar refractivity (Wildman–Crippen MR) is 122 cm³/mol. The number of nitrogens with zero attached hydrogens (tertiary/aromatic N) is 3. The normalized spacial score (nSPS) is 14.3. The Labute approximate surface area is 187 Å². The minimum atomic E-state index is -0.278. The first-order chi connectivity index (χ1) is 15.6. The molecule has 4 rings (SSSR count). The van der Waals surface area contributed by atoms with E-state index < -0.39 is 0 Å². The van der Waals surface area contributed by atoms with Crippen molar-refractivity contribution in [2.75, 3.05) is 19.7 Å². The molecule has 0 spiro atoms. The predicted octanol–water partition coefficient (Wildman–Crippen LogP) is 3.50. The minimum absolute atomic E-state index is 0.0630. The van der Waals surface area contributed by atoms with E-state index in [1.54, 1.807) is 11.8 Å². The van der Waals surface area contributed by atoms with E-state index in [1.807, 2.05) is 36.7 Å². The number of urea groups is 1. The van der Waals surface area contributed by atoms with Gasteiger partial charge < -0.3 is 24.8 Å². The molecule has 2 N–H and O–H groups in total. The quantitative estimate of drug-likeness (QED) is 0.620. The average Bonchev–Trinajstić information content (AvgIpc) is 3.22. The second-order valence-corrected chi connectivity index (χ2v) is 7.96. The SMILES string of the molecule is CCOC(=O)N1CCC(NC(=O)NCc2ccc(Cn3cnc4ccccc43)cc2)CC1. The number of carbonyl (C=O) groups excluding carboxylic acids is 2. The van der Waals surface area contributed by atoms with Crippen molar-refractivity contribution in [3.05, 3.63) is 66.0 Å². The highest BCUT2D eigenvalue weighted by atomic mass is 16.6. The lowest BCUT2D eigenvalue weighted by Gasteiger charge is -2.31. The monoisotopic (exact) mass is 435 g/mol.